The summed E-state index contributed by atoms with van der Waals surface area (Å²) in [6, 6.07) is 9.76. The number of hydrogen-bond acceptors (Lipinski definition) is 6. The van der Waals surface area contributed by atoms with E-state index < -0.39 is 0 Å². The maximum absolute atomic E-state index is 12.1. The van der Waals surface area contributed by atoms with Crippen LogP contribution in [0.5, 0.6) is 0 Å². The van der Waals surface area contributed by atoms with Crippen molar-refractivity contribution in [1.82, 2.24) is 15.3 Å². The first-order valence-electron chi connectivity index (χ1n) is 8.30. The number of nitrogens with zero attached hydrogens (tertiary/aromatic N) is 2. The van der Waals surface area contributed by atoms with E-state index in [2.05, 4.69) is 20.6 Å². The molecule has 26 heavy (non-hydrogen) atoms. The molecule has 1 amide bonds. The van der Waals surface area contributed by atoms with E-state index in [1.165, 1.54) is 11.8 Å². The van der Waals surface area contributed by atoms with Gasteiger partial charge in [-0.25, -0.2) is 9.97 Å². The topological polar surface area (TPSA) is 76.1 Å². The van der Waals surface area contributed by atoms with E-state index in [9.17, 15) is 4.79 Å². The van der Waals surface area contributed by atoms with Crippen molar-refractivity contribution in [1.29, 1.82) is 0 Å². The molecule has 2 aromatic rings. The average molecular weight is 395 g/mol. The number of anilines is 1. The monoisotopic (exact) mass is 394 g/mol. The quantitative estimate of drug-likeness (QED) is 0.759. The van der Waals surface area contributed by atoms with Crippen LogP contribution in [0.1, 0.15) is 17.8 Å². The fourth-order valence-corrected chi connectivity index (χ4v) is 3.50. The number of hydrogen-bond donors (Lipinski definition) is 2. The number of ether oxygens (including phenoxy) is 1. The van der Waals surface area contributed by atoms with Crippen LogP contribution in [0, 0.1) is 13.8 Å². The second kappa shape index (κ2) is 9.87. The molecular formula is C18H23ClN4O2S. The van der Waals surface area contributed by atoms with E-state index in [-0.39, 0.29) is 24.4 Å². The van der Waals surface area contributed by atoms with Gasteiger partial charge in [-0.2, -0.15) is 0 Å². The molecule has 2 heterocycles. The summed E-state index contributed by atoms with van der Waals surface area (Å²) < 4.78 is 5.37. The highest BCUT2D eigenvalue weighted by molar-refractivity contribution is 7.99. The van der Waals surface area contributed by atoms with Crippen molar-refractivity contribution in [3.8, 4) is 0 Å². The van der Waals surface area contributed by atoms with Gasteiger partial charge in [-0.15, -0.1) is 12.4 Å². The minimum Gasteiger partial charge on any atom is -0.378 e. The van der Waals surface area contributed by atoms with E-state index in [0.29, 0.717) is 19.6 Å². The number of amides is 1. The molecule has 0 saturated carbocycles. The highest BCUT2D eigenvalue weighted by atomic mass is 35.5. The van der Waals surface area contributed by atoms with Gasteiger partial charge in [-0.3, -0.25) is 4.79 Å². The van der Waals surface area contributed by atoms with E-state index >= 15 is 0 Å². The first kappa shape index (κ1) is 20.6. The highest BCUT2D eigenvalue weighted by Crippen LogP contribution is 2.26. The molecule has 6 nitrogen and oxygen atoms in total. The smallest absolute Gasteiger partial charge is 0.226 e. The van der Waals surface area contributed by atoms with Crippen molar-refractivity contribution in [3.63, 3.8) is 0 Å². The lowest BCUT2D eigenvalue weighted by atomic mass is 10.2. The first-order valence-corrected chi connectivity index (χ1v) is 9.11. The number of aromatic nitrogens is 2. The normalized spacial score (nSPS) is 16.6. The van der Waals surface area contributed by atoms with E-state index in [0.717, 1.165) is 33.7 Å². The fourth-order valence-electron chi connectivity index (χ4n) is 2.64. The third kappa shape index (κ3) is 6.25. The lowest BCUT2D eigenvalue weighted by molar-refractivity contribution is -0.117. The maximum Gasteiger partial charge on any atom is 0.226 e. The van der Waals surface area contributed by atoms with Crippen LogP contribution in [0.4, 0.5) is 5.69 Å². The zero-order chi connectivity index (χ0) is 17.6. The van der Waals surface area contributed by atoms with Crippen molar-refractivity contribution in [3.05, 3.63) is 41.7 Å². The van der Waals surface area contributed by atoms with Crippen LogP contribution in [0.25, 0.3) is 0 Å². The second-order valence-electron chi connectivity index (χ2n) is 6.04. The lowest BCUT2D eigenvalue weighted by Crippen LogP contribution is -2.43. The van der Waals surface area contributed by atoms with Crippen molar-refractivity contribution in [2.45, 2.75) is 36.4 Å². The molecule has 140 valence electrons. The first-order chi connectivity index (χ1) is 12.1. The van der Waals surface area contributed by atoms with Gasteiger partial charge in [-0.1, -0.05) is 0 Å². The molecule has 0 spiro atoms. The standard InChI is InChI=1S/C18H22N4O2S.ClH/c1-12-9-13(2)21-18(20-12)25-16-5-3-14(4-6-16)22-17(23)10-15-11-24-8-7-19-15;/h3-6,9,15,19H,7-8,10-11H2,1-2H3,(H,22,23);1H. The third-order valence-electron chi connectivity index (χ3n) is 3.74. The molecule has 0 bridgehead atoms. The van der Waals surface area contributed by atoms with Crippen LogP contribution in [-0.2, 0) is 9.53 Å². The zero-order valence-corrected chi connectivity index (χ0v) is 16.5. The third-order valence-corrected chi connectivity index (χ3v) is 4.61. The van der Waals surface area contributed by atoms with Gasteiger partial charge in [0.25, 0.3) is 0 Å². The number of carbonyl (C=O) groups excluding carboxylic acids is 1. The van der Waals surface area contributed by atoms with Gasteiger partial charge in [-0.05, 0) is 55.9 Å². The molecular weight excluding hydrogens is 372 g/mol. The van der Waals surface area contributed by atoms with Crippen molar-refractivity contribution < 1.29 is 9.53 Å². The Hall–Kier alpha value is -1.67. The Kier molecular flexibility index (Phi) is 7.84. The second-order valence-corrected chi connectivity index (χ2v) is 7.08. The summed E-state index contributed by atoms with van der Waals surface area (Å²) >= 11 is 1.51. The number of morpholine rings is 1. The number of halogens is 1. The van der Waals surface area contributed by atoms with Gasteiger partial charge in [0.05, 0.1) is 13.2 Å². The van der Waals surface area contributed by atoms with E-state index in [1.807, 2.05) is 44.2 Å². The van der Waals surface area contributed by atoms with Gasteiger partial charge in [0.15, 0.2) is 5.16 Å². The zero-order valence-electron chi connectivity index (χ0n) is 14.8. The maximum atomic E-state index is 12.1. The van der Waals surface area contributed by atoms with Gasteiger partial charge >= 0.3 is 0 Å². The van der Waals surface area contributed by atoms with Gasteiger partial charge in [0.1, 0.15) is 0 Å². The fraction of sp³-hybridized carbons (Fsp3) is 0.389. The Labute approximate surface area is 163 Å². The summed E-state index contributed by atoms with van der Waals surface area (Å²) in [6.45, 7) is 6.01. The molecule has 1 saturated heterocycles. The summed E-state index contributed by atoms with van der Waals surface area (Å²) in [7, 11) is 0. The summed E-state index contributed by atoms with van der Waals surface area (Å²) in [5, 5.41) is 6.94. The van der Waals surface area contributed by atoms with Crippen LogP contribution < -0.4 is 10.6 Å². The average Bonchev–Trinajstić information content (AvgIpc) is 2.56. The summed E-state index contributed by atoms with van der Waals surface area (Å²) in [4.78, 5) is 22.0. The largest absolute Gasteiger partial charge is 0.378 e. The van der Waals surface area contributed by atoms with Crippen LogP contribution >= 0.6 is 24.2 Å². The Balaban J connectivity index is 0.00000243. The molecule has 1 aromatic carbocycles. The van der Waals surface area contributed by atoms with Crippen molar-refractivity contribution in [2.75, 3.05) is 25.1 Å². The molecule has 1 unspecified atom stereocenters. The minimum absolute atomic E-state index is 0. The molecule has 8 heteroatoms. The van der Waals surface area contributed by atoms with Crippen LogP contribution in [0.15, 0.2) is 40.4 Å². The Morgan fingerprint density at radius 1 is 1.27 bits per heavy atom. The number of aryl methyl sites for hydroxylation is 2. The summed E-state index contributed by atoms with van der Waals surface area (Å²) in [5.41, 5.74) is 2.70. The molecule has 1 aliphatic rings. The van der Waals surface area contributed by atoms with Crippen LogP contribution in [0.2, 0.25) is 0 Å². The SMILES string of the molecule is Cc1cc(C)nc(Sc2ccc(NC(=O)CC3COCCN3)cc2)n1.Cl. The van der Waals surface area contributed by atoms with Crippen LogP contribution in [-0.4, -0.2) is 41.7 Å². The molecule has 1 fully saturated rings. The minimum atomic E-state index is -0.0129. The van der Waals surface area contributed by atoms with Crippen molar-refractivity contribution >= 4 is 35.8 Å². The van der Waals surface area contributed by atoms with Crippen LogP contribution in [0.3, 0.4) is 0 Å². The Morgan fingerprint density at radius 3 is 2.58 bits per heavy atom. The number of benzene rings is 1. The Morgan fingerprint density at radius 2 is 1.96 bits per heavy atom. The molecule has 1 atom stereocenters. The summed E-state index contributed by atoms with van der Waals surface area (Å²) in [5.74, 6) is -0.0129. The van der Waals surface area contributed by atoms with Gasteiger partial charge in [0, 0.05) is 41.0 Å². The van der Waals surface area contributed by atoms with E-state index in [1.54, 1.807) is 0 Å². The van der Waals surface area contributed by atoms with E-state index in [4.69, 9.17) is 4.74 Å². The van der Waals surface area contributed by atoms with Gasteiger partial charge in [0.2, 0.25) is 5.91 Å². The molecule has 1 aliphatic heterocycles. The number of carbonyl (C=O) groups is 1. The predicted molar refractivity (Wildman–Crippen MR) is 105 cm³/mol. The Bertz CT molecular complexity index is 716. The number of rotatable bonds is 5. The number of nitrogens with one attached hydrogen (secondary N) is 2. The van der Waals surface area contributed by atoms with Gasteiger partial charge < -0.3 is 15.4 Å². The molecule has 0 radical (unpaired) electrons. The molecule has 1 aromatic heterocycles. The highest BCUT2D eigenvalue weighted by Gasteiger charge is 2.16. The molecule has 3 rings (SSSR count). The molecule has 0 aliphatic carbocycles. The lowest BCUT2D eigenvalue weighted by Gasteiger charge is -2.23. The predicted octanol–water partition coefficient (Wildman–Crippen LogP) is 2.98. The van der Waals surface area contributed by atoms with Crippen molar-refractivity contribution in [2.24, 2.45) is 0 Å². The summed E-state index contributed by atoms with van der Waals surface area (Å²) in [6.07, 6.45) is 0.410. The molecule has 2 N–H and O–H groups in total.